The lowest BCUT2D eigenvalue weighted by atomic mass is 9.88. The van der Waals surface area contributed by atoms with E-state index in [2.05, 4.69) is 19.1 Å². The first kappa shape index (κ1) is 12.2. The van der Waals surface area contributed by atoms with Crippen LogP contribution in [0.15, 0.2) is 22.6 Å². The van der Waals surface area contributed by atoms with Gasteiger partial charge in [0.15, 0.2) is 0 Å². The molecule has 0 fully saturated rings. The summed E-state index contributed by atoms with van der Waals surface area (Å²) >= 11 is 0. The quantitative estimate of drug-likeness (QED) is 0.802. The minimum absolute atomic E-state index is 0.211. The molecule has 0 saturated carbocycles. The van der Waals surface area contributed by atoms with Gasteiger partial charge in [0, 0.05) is 5.39 Å². The number of hydrogen-bond acceptors (Lipinski definition) is 2. The summed E-state index contributed by atoms with van der Waals surface area (Å²) in [5.41, 5.74) is 3.01. The van der Waals surface area contributed by atoms with Crippen LogP contribution < -0.4 is 0 Å². The molecular weight excluding hydrogens is 212 g/mol. The molecule has 2 nitrogen and oxygen atoms in total. The summed E-state index contributed by atoms with van der Waals surface area (Å²) in [4.78, 5) is 0. The summed E-state index contributed by atoms with van der Waals surface area (Å²) in [6.07, 6.45) is -0.574. The van der Waals surface area contributed by atoms with Gasteiger partial charge >= 0.3 is 0 Å². The fraction of sp³-hybridized carbons (Fsp3) is 0.467. The molecule has 2 rings (SSSR count). The van der Waals surface area contributed by atoms with Crippen LogP contribution in [0, 0.1) is 19.3 Å². The molecule has 1 N–H and O–H groups in total. The first-order chi connectivity index (χ1) is 7.79. The van der Waals surface area contributed by atoms with E-state index in [0.717, 1.165) is 16.5 Å². The number of benzene rings is 1. The van der Waals surface area contributed by atoms with Gasteiger partial charge in [-0.05, 0) is 37.0 Å². The number of furan rings is 1. The highest BCUT2D eigenvalue weighted by molar-refractivity contribution is 5.81. The molecule has 1 atom stereocenters. The molecule has 92 valence electrons. The number of rotatable bonds is 1. The minimum Gasteiger partial charge on any atom is -0.458 e. The molecule has 2 heteroatoms. The lowest BCUT2D eigenvalue weighted by Crippen LogP contribution is -2.16. The Morgan fingerprint density at radius 3 is 2.35 bits per heavy atom. The largest absolute Gasteiger partial charge is 0.458 e. The zero-order valence-electron chi connectivity index (χ0n) is 11.2. The normalized spacial score (nSPS) is 14.2. The highest BCUT2D eigenvalue weighted by Crippen LogP contribution is 2.36. The predicted octanol–water partition coefficient (Wildman–Crippen LogP) is 4.13. The third kappa shape index (κ3) is 2.22. The molecule has 1 aromatic carbocycles. The molecule has 2 aromatic rings. The van der Waals surface area contributed by atoms with Crippen molar-refractivity contribution < 1.29 is 9.52 Å². The maximum atomic E-state index is 10.2. The summed E-state index contributed by atoms with van der Waals surface area (Å²) < 4.78 is 5.79. The van der Waals surface area contributed by atoms with Gasteiger partial charge in [-0.1, -0.05) is 32.4 Å². The molecule has 1 aromatic heterocycles. The Hall–Kier alpha value is -1.28. The van der Waals surface area contributed by atoms with E-state index in [4.69, 9.17) is 4.42 Å². The lowest BCUT2D eigenvalue weighted by Gasteiger charge is -2.23. The van der Waals surface area contributed by atoms with Crippen LogP contribution in [0.25, 0.3) is 11.0 Å². The van der Waals surface area contributed by atoms with Gasteiger partial charge in [0.2, 0.25) is 0 Å². The van der Waals surface area contributed by atoms with Crippen LogP contribution in [-0.2, 0) is 0 Å². The van der Waals surface area contributed by atoms with Crippen LogP contribution in [0.4, 0.5) is 0 Å². The Morgan fingerprint density at radius 2 is 1.76 bits per heavy atom. The zero-order chi connectivity index (χ0) is 12.8. The van der Waals surface area contributed by atoms with Gasteiger partial charge in [-0.3, -0.25) is 0 Å². The second kappa shape index (κ2) is 3.88. The van der Waals surface area contributed by atoms with E-state index in [1.807, 2.05) is 33.8 Å². The molecule has 0 spiro atoms. The predicted molar refractivity (Wildman–Crippen MR) is 70.1 cm³/mol. The lowest BCUT2D eigenvalue weighted by molar-refractivity contribution is 0.0448. The van der Waals surface area contributed by atoms with Gasteiger partial charge < -0.3 is 9.52 Å². The number of aliphatic hydroxyl groups excluding tert-OH is 1. The van der Waals surface area contributed by atoms with E-state index in [9.17, 15) is 5.11 Å². The summed E-state index contributed by atoms with van der Waals surface area (Å²) in [6, 6.07) is 6.13. The van der Waals surface area contributed by atoms with E-state index < -0.39 is 6.10 Å². The average Bonchev–Trinajstić information content (AvgIpc) is 2.58. The molecule has 0 aliphatic heterocycles. The van der Waals surface area contributed by atoms with Crippen molar-refractivity contribution in [3.05, 3.63) is 35.1 Å². The SMILES string of the molecule is Cc1cc(C)c2oc(C(O)C(C)(C)C)cc2c1. The second-order valence-electron chi connectivity index (χ2n) is 5.92. The molecular formula is C15H20O2. The van der Waals surface area contributed by atoms with Crippen LogP contribution in [0.1, 0.15) is 43.8 Å². The smallest absolute Gasteiger partial charge is 0.137 e. The Bertz CT molecular complexity index is 544. The van der Waals surface area contributed by atoms with Crippen molar-refractivity contribution in [2.24, 2.45) is 5.41 Å². The van der Waals surface area contributed by atoms with Crippen LogP contribution in [0.2, 0.25) is 0 Å². The number of aliphatic hydroxyl groups is 1. The first-order valence-corrected chi connectivity index (χ1v) is 5.98. The Balaban J connectivity index is 2.56. The summed E-state index contributed by atoms with van der Waals surface area (Å²) in [7, 11) is 0. The van der Waals surface area contributed by atoms with Crippen molar-refractivity contribution in [2.45, 2.75) is 40.7 Å². The molecule has 1 heterocycles. The summed E-state index contributed by atoms with van der Waals surface area (Å²) in [6.45, 7) is 10.1. The topological polar surface area (TPSA) is 33.4 Å². The monoisotopic (exact) mass is 232 g/mol. The van der Waals surface area contributed by atoms with Crippen molar-refractivity contribution >= 4 is 11.0 Å². The maximum absolute atomic E-state index is 10.2. The highest BCUT2D eigenvalue weighted by atomic mass is 16.4. The van der Waals surface area contributed by atoms with Gasteiger partial charge in [-0.2, -0.15) is 0 Å². The second-order valence-corrected chi connectivity index (χ2v) is 5.92. The molecule has 0 aliphatic rings. The zero-order valence-corrected chi connectivity index (χ0v) is 11.2. The summed E-state index contributed by atoms with van der Waals surface area (Å²) in [5.74, 6) is 0.654. The Labute approximate surface area is 102 Å². The van der Waals surface area contributed by atoms with Crippen molar-refractivity contribution in [2.75, 3.05) is 0 Å². The molecule has 0 saturated heterocycles. The number of fused-ring (bicyclic) bond motifs is 1. The minimum atomic E-state index is -0.574. The fourth-order valence-electron chi connectivity index (χ4n) is 2.10. The van der Waals surface area contributed by atoms with Gasteiger partial charge in [0.1, 0.15) is 17.4 Å². The number of hydrogen-bond donors (Lipinski definition) is 1. The van der Waals surface area contributed by atoms with E-state index in [0.29, 0.717) is 5.76 Å². The average molecular weight is 232 g/mol. The Kier molecular flexibility index (Phi) is 2.78. The third-order valence-electron chi connectivity index (χ3n) is 3.06. The van der Waals surface area contributed by atoms with Crippen LogP contribution in [0.3, 0.4) is 0 Å². The Morgan fingerprint density at radius 1 is 1.12 bits per heavy atom. The molecule has 0 bridgehead atoms. The van der Waals surface area contributed by atoms with E-state index >= 15 is 0 Å². The molecule has 0 radical (unpaired) electrons. The van der Waals surface area contributed by atoms with Gasteiger partial charge in [0.05, 0.1) is 0 Å². The first-order valence-electron chi connectivity index (χ1n) is 5.98. The number of aryl methyl sites for hydroxylation is 2. The standard InChI is InChI=1S/C15H20O2/c1-9-6-10(2)13-11(7-9)8-12(17-13)14(16)15(3,4)5/h6-8,14,16H,1-5H3. The van der Waals surface area contributed by atoms with Crippen molar-refractivity contribution in [1.82, 2.24) is 0 Å². The van der Waals surface area contributed by atoms with E-state index in [1.54, 1.807) is 0 Å². The van der Waals surface area contributed by atoms with E-state index in [1.165, 1.54) is 5.56 Å². The molecule has 1 unspecified atom stereocenters. The fourth-order valence-corrected chi connectivity index (χ4v) is 2.10. The van der Waals surface area contributed by atoms with Crippen molar-refractivity contribution in [3.8, 4) is 0 Å². The highest BCUT2D eigenvalue weighted by Gasteiger charge is 2.27. The van der Waals surface area contributed by atoms with E-state index in [-0.39, 0.29) is 5.41 Å². The van der Waals surface area contributed by atoms with Crippen molar-refractivity contribution in [3.63, 3.8) is 0 Å². The molecule has 0 amide bonds. The van der Waals surface area contributed by atoms with Crippen LogP contribution in [-0.4, -0.2) is 5.11 Å². The third-order valence-corrected chi connectivity index (χ3v) is 3.06. The van der Waals surface area contributed by atoms with Gasteiger partial charge in [-0.15, -0.1) is 0 Å². The van der Waals surface area contributed by atoms with Crippen LogP contribution in [0.5, 0.6) is 0 Å². The van der Waals surface area contributed by atoms with Crippen LogP contribution >= 0.6 is 0 Å². The molecule has 17 heavy (non-hydrogen) atoms. The van der Waals surface area contributed by atoms with Crippen molar-refractivity contribution in [1.29, 1.82) is 0 Å². The van der Waals surface area contributed by atoms with Gasteiger partial charge in [-0.25, -0.2) is 0 Å². The summed E-state index contributed by atoms with van der Waals surface area (Å²) in [5, 5.41) is 11.3. The maximum Gasteiger partial charge on any atom is 0.137 e. The molecule has 0 aliphatic carbocycles. The van der Waals surface area contributed by atoms with Gasteiger partial charge in [0.25, 0.3) is 0 Å².